The predicted molar refractivity (Wildman–Crippen MR) is 88.1 cm³/mol. The van der Waals surface area contributed by atoms with Crippen molar-refractivity contribution < 1.29 is 13.6 Å². The zero-order valence-electron chi connectivity index (χ0n) is 13.2. The van der Waals surface area contributed by atoms with Gasteiger partial charge in [0.05, 0.1) is 11.1 Å². The van der Waals surface area contributed by atoms with Gasteiger partial charge in [0.2, 0.25) is 5.91 Å². The Kier molecular flexibility index (Phi) is 4.51. The van der Waals surface area contributed by atoms with Crippen LogP contribution in [0.2, 0.25) is 0 Å². The molecule has 2 aromatic carbocycles. The summed E-state index contributed by atoms with van der Waals surface area (Å²) in [7, 11) is 0. The van der Waals surface area contributed by atoms with Gasteiger partial charge in [-0.25, -0.2) is 8.78 Å². The largest absolute Gasteiger partial charge is 0.322 e. The monoisotopic (exact) mass is 344 g/mol. The zero-order valence-corrected chi connectivity index (χ0v) is 13.2. The van der Waals surface area contributed by atoms with Crippen LogP contribution >= 0.6 is 0 Å². The zero-order chi connectivity index (χ0) is 18.0. The standard InChI is InChI=1S/C17H14F2N4O2/c1-2-15(16(24)20-14-8-7-10(18)9-12(14)19)23-17(25)11-5-3-4-6-13(11)21-22-23/h3-9,15H,2H2,1H3,(H,20,24)/t15-/m0/s1. The molecule has 3 aromatic rings. The van der Waals surface area contributed by atoms with E-state index in [1.54, 1.807) is 31.2 Å². The summed E-state index contributed by atoms with van der Waals surface area (Å²) < 4.78 is 27.6. The molecule has 25 heavy (non-hydrogen) atoms. The van der Waals surface area contributed by atoms with Crippen molar-refractivity contribution in [1.29, 1.82) is 0 Å². The van der Waals surface area contributed by atoms with Gasteiger partial charge in [0.15, 0.2) is 0 Å². The first-order valence-electron chi connectivity index (χ1n) is 7.61. The van der Waals surface area contributed by atoms with Crippen LogP contribution in [0.1, 0.15) is 19.4 Å². The fraction of sp³-hybridized carbons (Fsp3) is 0.176. The highest BCUT2D eigenvalue weighted by atomic mass is 19.1. The molecular weight excluding hydrogens is 330 g/mol. The van der Waals surface area contributed by atoms with Gasteiger partial charge < -0.3 is 5.32 Å². The van der Waals surface area contributed by atoms with E-state index < -0.39 is 29.1 Å². The number of aromatic nitrogens is 3. The van der Waals surface area contributed by atoms with E-state index in [2.05, 4.69) is 15.6 Å². The van der Waals surface area contributed by atoms with E-state index in [1.165, 1.54) is 0 Å². The van der Waals surface area contributed by atoms with Crippen LogP contribution in [-0.4, -0.2) is 20.9 Å². The van der Waals surface area contributed by atoms with Crippen LogP contribution in [0.25, 0.3) is 10.9 Å². The molecule has 128 valence electrons. The number of rotatable bonds is 4. The normalized spacial score (nSPS) is 12.1. The van der Waals surface area contributed by atoms with Gasteiger partial charge in [0.1, 0.15) is 23.2 Å². The van der Waals surface area contributed by atoms with Crippen LogP contribution < -0.4 is 10.9 Å². The fourth-order valence-electron chi connectivity index (χ4n) is 2.48. The minimum atomic E-state index is -0.978. The average molecular weight is 344 g/mol. The number of amides is 1. The molecule has 0 aliphatic heterocycles. The lowest BCUT2D eigenvalue weighted by Crippen LogP contribution is -2.35. The highest BCUT2D eigenvalue weighted by Gasteiger charge is 2.23. The Hall–Kier alpha value is -3.16. The molecule has 3 rings (SSSR count). The number of carbonyl (C=O) groups excluding carboxylic acids is 1. The summed E-state index contributed by atoms with van der Waals surface area (Å²) in [5.74, 6) is -2.29. The highest BCUT2D eigenvalue weighted by Crippen LogP contribution is 2.18. The Labute approximate surface area is 141 Å². The number of hydrogen-bond acceptors (Lipinski definition) is 4. The van der Waals surface area contributed by atoms with E-state index in [-0.39, 0.29) is 12.1 Å². The summed E-state index contributed by atoms with van der Waals surface area (Å²) in [6.45, 7) is 1.69. The minimum Gasteiger partial charge on any atom is -0.322 e. The summed E-state index contributed by atoms with van der Waals surface area (Å²) in [4.78, 5) is 25.0. The number of hydrogen-bond donors (Lipinski definition) is 1. The van der Waals surface area contributed by atoms with Crippen LogP contribution in [0.3, 0.4) is 0 Å². The lowest BCUT2D eigenvalue weighted by molar-refractivity contribution is -0.119. The molecule has 1 N–H and O–H groups in total. The first kappa shape index (κ1) is 16.7. The van der Waals surface area contributed by atoms with Crippen molar-refractivity contribution in [3.05, 3.63) is 64.5 Å². The molecule has 0 aliphatic carbocycles. The number of fused-ring (bicyclic) bond motifs is 1. The lowest BCUT2D eigenvalue weighted by Gasteiger charge is -2.16. The maximum Gasteiger partial charge on any atom is 0.278 e. The van der Waals surface area contributed by atoms with E-state index >= 15 is 0 Å². The average Bonchev–Trinajstić information content (AvgIpc) is 2.60. The second kappa shape index (κ2) is 6.76. The number of benzene rings is 2. The molecule has 0 saturated heterocycles. The van der Waals surface area contributed by atoms with E-state index in [0.29, 0.717) is 17.0 Å². The van der Waals surface area contributed by atoms with Crippen molar-refractivity contribution in [2.45, 2.75) is 19.4 Å². The molecule has 0 fully saturated rings. The SMILES string of the molecule is CC[C@@H](C(=O)Nc1ccc(F)cc1F)n1nnc2ccccc2c1=O. The van der Waals surface area contributed by atoms with Crippen molar-refractivity contribution in [3.8, 4) is 0 Å². The van der Waals surface area contributed by atoms with Crippen LogP contribution in [-0.2, 0) is 4.79 Å². The van der Waals surface area contributed by atoms with Crippen LogP contribution in [0.5, 0.6) is 0 Å². The minimum absolute atomic E-state index is 0.174. The van der Waals surface area contributed by atoms with Gasteiger partial charge in [-0.1, -0.05) is 24.3 Å². The molecule has 0 spiro atoms. The molecule has 1 aromatic heterocycles. The van der Waals surface area contributed by atoms with E-state index in [9.17, 15) is 18.4 Å². The summed E-state index contributed by atoms with van der Waals surface area (Å²) >= 11 is 0. The Balaban J connectivity index is 1.95. The first-order valence-corrected chi connectivity index (χ1v) is 7.61. The number of nitrogens with one attached hydrogen (secondary N) is 1. The molecule has 8 heteroatoms. The van der Waals surface area contributed by atoms with Crippen molar-refractivity contribution in [1.82, 2.24) is 15.0 Å². The molecule has 0 saturated carbocycles. The van der Waals surface area contributed by atoms with Gasteiger partial charge in [0, 0.05) is 6.07 Å². The maximum absolute atomic E-state index is 13.7. The molecule has 0 aliphatic rings. The third-order valence-corrected chi connectivity index (χ3v) is 3.76. The van der Waals surface area contributed by atoms with Gasteiger partial charge in [-0.15, -0.1) is 5.10 Å². The van der Waals surface area contributed by atoms with Crippen molar-refractivity contribution in [2.75, 3.05) is 5.32 Å². The molecular formula is C17H14F2N4O2. The second-order valence-corrected chi connectivity index (χ2v) is 5.39. The summed E-state index contributed by atoms with van der Waals surface area (Å²) in [5, 5.41) is 10.4. The van der Waals surface area contributed by atoms with Gasteiger partial charge in [-0.2, -0.15) is 4.68 Å². The summed E-state index contributed by atoms with van der Waals surface area (Å²) in [6, 6.07) is 8.47. The van der Waals surface area contributed by atoms with Gasteiger partial charge in [-0.3, -0.25) is 9.59 Å². The number of nitrogens with zero attached hydrogens (tertiary/aromatic N) is 3. The first-order chi connectivity index (χ1) is 12.0. The van der Waals surface area contributed by atoms with E-state index in [1.807, 2.05) is 0 Å². The topological polar surface area (TPSA) is 76.9 Å². The molecule has 1 atom stereocenters. The smallest absolute Gasteiger partial charge is 0.278 e. The molecule has 1 amide bonds. The van der Waals surface area contributed by atoms with Crippen molar-refractivity contribution in [2.24, 2.45) is 0 Å². The van der Waals surface area contributed by atoms with Crippen molar-refractivity contribution in [3.63, 3.8) is 0 Å². The van der Waals surface area contributed by atoms with Gasteiger partial charge >= 0.3 is 0 Å². The van der Waals surface area contributed by atoms with Crippen LogP contribution in [0.4, 0.5) is 14.5 Å². The Morgan fingerprint density at radius 1 is 1.24 bits per heavy atom. The number of carbonyl (C=O) groups is 1. The number of halogens is 2. The third-order valence-electron chi connectivity index (χ3n) is 3.76. The van der Waals surface area contributed by atoms with E-state index in [4.69, 9.17) is 0 Å². The Morgan fingerprint density at radius 3 is 2.72 bits per heavy atom. The lowest BCUT2D eigenvalue weighted by atomic mass is 10.2. The maximum atomic E-state index is 13.7. The molecule has 0 bridgehead atoms. The summed E-state index contributed by atoms with van der Waals surface area (Å²) in [6.07, 6.45) is 0.238. The van der Waals surface area contributed by atoms with Gasteiger partial charge in [-0.05, 0) is 30.7 Å². The molecule has 1 heterocycles. The molecule has 0 unspecified atom stereocenters. The second-order valence-electron chi connectivity index (χ2n) is 5.39. The summed E-state index contributed by atoms with van der Waals surface area (Å²) in [5.41, 5.74) is -0.220. The Morgan fingerprint density at radius 2 is 2.00 bits per heavy atom. The van der Waals surface area contributed by atoms with Gasteiger partial charge in [0.25, 0.3) is 5.56 Å². The third kappa shape index (κ3) is 3.23. The van der Waals surface area contributed by atoms with Crippen molar-refractivity contribution >= 4 is 22.5 Å². The molecule has 0 radical (unpaired) electrons. The highest BCUT2D eigenvalue weighted by molar-refractivity contribution is 5.93. The van der Waals surface area contributed by atoms with E-state index in [0.717, 1.165) is 16.8 Å². The fourth-order valence-corrected chi connectivity index (χ4v) is 2.48. The number of anilines is 1. The van der Waals surface area contributed by atoms with Crippen LogP contribution in [0, 0.1) is 11.6 Å². The molecule has 6 nitrogen and oxygen atoms in total. The quantitative estimate of drug-likeness (QED) is 0.789. The van der Waals surface area contributed by atoms with Crippen LogP contribution in [0.15, 0.2) is 47.3 Å². The predicted octanol–water partition coefficient (Wildman–Crippen LogP) is 2.66. The Bertz CT molecular complexity index is 1000.